The van der Waals surface area contributed by atoms with Crippen LogP contribution in [0.5, 0.6) is 0 Å². The van der Waals surface area contributed by atoms with E-state index >= 15 is 0 Å². The fourth-order valence-electron chi connectivity index (χ4n) is 3.31. The molecule has 1 saturated heterocycles. The molecule has 1 aromatic heterocycles. The lowest BCUT2D eigenvalue weighted by atomic mass is 9.73. The number of benzene rings is 1. The first kappa shape index (κ1) is 13.0. The van der Waals surface area contributed by atoms with Crippen molar-refractivity contribution in [3.8, 4) is 0 Å². The maximum Gasteiger partial charge on any atom is 0.237 e. The smallest absolute Gasteiger partial charge is 0.237 e. The second-order valence-corrected chi connectivity index (χ2v) is 6.68. The molecule has 1 N–H and O–H groups in total. The van der Waals surface area contributed by atoms with Crippen LogP contribution in [0.3, 0.4) is 0 Å². The first-order valence-electron chi connectivity index (χ1n) is 7.84. The molecule has 2 aromatic rings. The molecule has 2 heterocycles. The Kier molecular flexibility index (Phi) is 2.89. The van der Waals surface area contributed by atoms with Crippen LogP contribution in [0.1, 0.15) is 49.9 Å². The van der Waals surface area contributed by atoms with Gasteiger partial charge in [0.2, 0.25) is 5.89 Å². The summed E-state index contributed by atoms with van der Waals surface area (Å²) in [6.07, 6.45) is 4.36. The minimum Gasteiger partial charge on any atom is -0.338 e. The zero-order chi connectivity index (χ0) is 14.3. The van der Waals surface area contributed by atoms with Crippen LogP contribution in [0.4, 0.5) is 0 Å². The molecule has 2 aliphatic rings. The van der Waals surface area contributed by atoms with Crippen LogP contribution in [0.15, 0.2) is 34.9 Å². The minimum absolute atomic E-state index is 0.122. The summed E-state index contributed by atoms with van der Waals surface area (Å²) in [5.41, 5.74) is 1.33. The molecular formula is C17H21N3O. The largest absolute Gasteiger partial charge is 0.338 e. The third kappa shape index (κ3) is 2.09. The van der Waals surface area contributed by atoms with Crippen molar-refractivity contribution in [3.05, 3.63) is 47.6 Å². The van der Waals surface area contributed by atoms with Gasteiger partial charge >= 0.3 is 0 Å². The predicted molar refractivity (Wildman–Crippen MR) is 80.2 cm³/mol. The second-order valence-electron chi connectivity index (χ2n) is 6.68. The molecule has 1 aliphatic carbocycles. The van der Waals surface area contributed by atoms with Gasteiger partial charge in [-0.15, -0.1) is 0 Å². The third-order valence-corrected chi connectivity index (χ3v) is 5.16. The zero-order valence-corrected chi connectivity index (χ0v) is 12.4. The average molecular weight is 283 g/mol. The van der Waals surface area contributed by atoms with E-state index in [1.807, 2.05) is 0 Å². The van der Waals surface area contributed by atoms with Crippen molar-refractivity contribution < 1.29 is 4.52 Å². The lowest BCUT2D eigenvalue weighted by molar-refractivity contribution is 0.258. The molecule has 4 rings (SSSR count). The van der Waals surface area contributed by atoms with Crippen molar-refractivity contribution in [2.45, 2.75) is 43.4 Å². The standard InChI is InChI=1S/C17H21N3O/c1-16(7-8-16)14-19-15(21-20-14)17(9-11-18-12-10-17)13-5-3-2-4-6-13/h2-6,18H,7-12H2,1H3. The summed E-state index contributed by atoms with van der Waals surface area (Å²) in [6.45, 7) is 4.20. The molecule has 1 aromatic carbocycles. The SMILES string of the molecule is CC1(c2noc(C3(c4ccccc4)CCNCC3)n2)CC1. The molecule has 21 heavy (non-hydrogen) atoms. The summed E-state index contributed by atoms with van der Waals surface area (Å²) in [4.78, 5) is 4.81. The van der Waals surface area contributed by atoms with Gasteiger partial charge < -0.3 is 9.84 Å². The molecular weight excluding hydrogens is 262 g/mol. The monoisotopic (exact) mass is 283 g/mol. The summed E-state index contributed by atoms with van der Waals surface area (Å²) >= 11 is 0. The first-order chi connectivity index (χ1) is 10.2. The highest BCUT2D eigenvalue weighted by Gasteiger charge is 2.46. The van der Waals surface area contributed by atoms with Gasteiger partial charge in [0.1, 0.15) is 0 Å². The Morgan fingerprint density at radius 1 is 1.05 bits per heavy atom. The van der Waals surface area contributed by atoms with Crippen LogP contribution in [-0.2, 0) is 10.8 Å². The summed E-state index contributed by atoms with van der Waals surface area (Å²) in [5, 5.41) is 7.73. The number of hydrogen-bond donors (Lipinski definition) is 1. The lowest BCUT2D eigenvalue weighted by Gasteiger charge is -2.34. The Balaban J connectivity index is 1.77. The Morgan fingerprint density at radius 3 is 2.43 bits per heavy atom. The van der Waals surface area contributed by atoms with Crippen molar-refractivity contribution in [2.24, 2.45) is 0 Å². The van der Waals surface area contributed by atoms with E-state index in [2.05, 4.69) is 47.7 Å². The molecule has 0 unspecified atom stereocenters. The number of nitrogens with one attached hydrogen (secondary N) is 1. The predicted octanol–water partition coefficient (Wildman–Crippen LogP) is 2.79. The van der Waals surface area contributed by atoms with Crippen LogP contribution in [0, 0.1) is 0 Å². The highest BCUT2D eigenvalue weighted by Crippen LogP contribution is 2.47. The molecule has 0 radical (unpaired) electrons. The van der Waals surface area contributed by atoms with Crippen LogP contribution in [0.2, 0.25) is 0 Å². The van der Waals surface area contributed by atoms with Gasteiger partial charge in [-0.2, -0.15) is 4.98 Å². The van der Waals surface area contributed by atoms with Gasteiger partial charge in [-0.1, -0.05) is 42.4 Å². The van der Waals surface area contributed by atoms with Gasteiger partial charge in [0, 0.05) is 5.41 Å². The highest BCUT2D eigenvalue weighted by atomic mass is 16.5. The number of aromatic nitrogens is 2. The molecule has 4 heteroatoms. The van der Waals surface area contributed by atoms with Crippen molar-refractivity contribution in [1.82, 2.24) is 15.5 Å². The van der Waals surface area contributed by atoms with E-state index in [1.54, 1.807) is 0 Å². The average Bonchev–Trinajstić information content (AvgIpc) is 3.10. The summed E-state index contributed by atoms with van der Waals surface area (Å²) in [6, 6.07) is 10.6. The summed E-state index contributed by atoms with van der Waals surface area (Å²) < 4.78 is 5.74. The lowest BCUT2D eigenvalue weighted by Crippen LogP contribution is -2.41. The van der Waals surface area contributed by atoms with E-state index in [-0.39, 0.29) is 10.8 Å². The van der Waals surface area contributed by atoms with Gasteiger partial charge in [0.05, 0.1) is 5.41 Å². The number of piperidine rings is 1. The van der Waals surface area contributed by atoms with Crippen molar-refractivity contribution in [2.75, 3.05) is 13.1 Å². The Morgan fingerprint density at radius 2 is 1.76 bits per heavy atom. The molecule has 1 aliphatic heterocycles. The third-order valence-electron chi connectivity index (χ3n) is 5.16. The van der Waals surface area contributed by atoms with Gasteiger partial charge in [-0.05, 0) is 44.3 Å². The van der Waals surface area contributed by atoms with E-state index < -0.39 is 0 Å². The Bertz CT molecular complexity index is 624. The fraction of sp³-hybridized carbons (Fsp3) is 0.529. The van der Waals surface area contributed by atoms with Gasteiger partial charge in [-0.25, -0.2) is 0 Å². The van der Waals surface area contributed by atoms with E-state index in [1.165, 1.54) is 18.4 Å². The van der Waals surface area contributed by atoms with E-state index in [9.17, 15) is 0 Å². The van der Waals surface area contributed by atoms with E-state index in [4.69, 9.17) is 9.51 Å². The van der Waals surface area contributed by atoms with Crippen molar-refractivity contribution in [3.63, 3.8) is 0 Å². The van der Waals surface area contributed by atoms with Crippen molar-refractivity contribution in [1.29, 1.82) is 0 Å². The maximum absolute atomic E-state index is 5.74. The van der Waals surface area contributed by atoms with Crippen molar-refractivity contribution >= 4 is 0 Å². The topological polar surface area (TPSA) is 51.0 Å². The van der Waals surface area contributed by atoms with Gasteiger partial charge in [0.25, 0.3) is 0 Å². The number of hydrogen-bond acceptors (Lipinski definition) is 4. The highest BCUT2D eigenvalue weighted by molar-refractivity contribution is 5.33. The quantitative estimate of drug-likeness (QED) is 0.941. The first-order valence-corrected chi connectivity index (χ1v) is 7.84. The molecule has 0 bridgehead atoms. The molecule has 0 atom stereocenters. The second kappa shape index (κ2) is 4.67. The zero-order valence-electron chi connectivity index (χ0n) is 12.4. The minimum atomic E-state index is -0.122. The van der Waals surface area contributed by atoms with Crippen LogP contribution < -0.4 is 5.32 Å². The van der Waals surface area contributed by atoms with E-state index in [0.717, 1.165) is 37.6 Å². The number of nitrogens with zero attached hydrogens (tertiary/aromatic N) is 2. The molecule has 0 spiro atoms. The summed E-state index contributed by atoms with van der Waals surface area (Å²) in [5.74, 6) is 1.70. The molecule has 4 nitrogen and oxygen atoms in total. The maximum atomic E-state index is 5.74. The Labute approximate surface area is 124 Å². The van der Waals surface area contributed by atoms with Crippen LogP contribution in [0.25, 0.3) is 0 Å². The fourth-order valence-corrected chi connectivity index (χ4v) is 3.31. The normalized spacial score (nSPS) is 22.9. The Hall–Kier alpha value is -1.68. The van der Waals surface area contributed by atoms with Gasteiger partial charge in [-0.3, -0.25) is 0 Å². The summed E-state index contributed by atoms with van der Waals surface area (Å²) in [7, 11) is 0. The molecule has 1 saturated carbocycles. The van der Waals surface area contributed by atoms with E-state index in [0.29, 0.717) is 0 Å². The number of rotatable bonds is 3. The molecule has 2 fully saturated rings. The van der Waals surface area contributed by atoms with Crippen LogP contribution in [-0.4, -0.2) is 23.2 Å². The molecule has 110 valence electrons. The van der Waals surface area contributed by atoms with Crippen LogP contribution >= 0.6 is 0 Å². The van der Waals surface area contributed by atoms with Gasteiger partial charge in [0.15, 0.2) is 5.82 Å². The molecule has 0 amide bonds.